The van der Waals surface area contributed by atoms with Crippen LogP contribution < -0.4 is 0 Å². The van der Waals surface area contributed by atoms with E-state index in [2.05, 4.69) is 0 Å². The molecule has 2 aromatic carbocycles. The molecule has 0 atom stereocenters. The summed E-state index contributed by atoms with van der Waals surface area (Å²) < 4.78 is 39.2. The Hall–Kier alpha value is -2.10. The Morgan fingerprint density at radius 2 is 1.68 bits per heavy atom. The third-order valence-electron chi connectivity index (χ3n) is 2.86. The second kappa shape index (κ2) is 4.88. The number of benzene rings is 2. The van der Waals surface area contributed by atoms with Gasteiger partial charge in [-0.3, -0.25) is 4.79 Å². The molecule has 0 saturated heterocycles. The lowest BCUT2D eigenvalue weighted by Crippen LogP contribution is -2.08. The Morgan fingerprint density at radius 1 is 1.00 bits per heavy atom. The van der Waals surface area contributed by atoms with Gasteiger partial charge in [-0.25, -0.2) is 0 Å². The highest BCUT2D eigenvalue weighted by Crippen LogP contribution is 2.38. The lowest BCUT2D eigenvalue weighted by molar-refractivity contribution is -0.137. The van der Waals surface area contributed by atoms with Gasteiger partial charge in [0.15, 0.2) is 6.29 Å². The smallest absolute Gasteiger partial charge is 0.298 e. The maximum absolute atomic E-state index is 13.1. The number of carbonyl (C=O) groups is 1. The molecular formula is C15H11F3O. The van der Waals surface area contributed by atoms with E-state index in [1.54, 1.807) is 25.1 Å². The maximum atomic E-state index is 13.1. The first-order chi connectivity index (χ1) is 8.93. The molecule has 0 heterocycles. The van der Waals surface area contributed by atoms with Crippen molar-refractivity contribution < 1.29 is 18.0 Å². The van der Waals surface area contributed by atoms with Crippen LogP contribution in [0.5, 0.6) is 0 Å². The summed E-state index contributed by atoms with van der Waals surface area (Å²) in [6, 6.07) is 10.4. The first-order valence-electron chi connectivity index (χ1n) is 5.66. The molecule has 1 nitrogen and oxygen atoms in total. The molecule has 0 aliphatic carbocycles. The molecule has 2 aromatic rings. The monoisotopic (exact) mass is 264 g/mol. The van der Waals surface area contributed by atoms with Gasteiger partial charge in [0, 0.05) is 5.56 Å². The Balaban J connectivity index is 2.72. The molecule has 0 radical (unpaired) electrons. The van der Waals surface area contributed by atoms with E-state index < -0.39 is 11.7 Å². The van der Waals surface area contributed by atoms with Crippen molar-refractivity contribution in [2.24, 2.45) is 0 Å². The van der Waals surface area contributed by atoms with Crippen molar-refractivity contribution in [3.8, 4) is 11.1 Å². The predicted octanol–water partition coefficient (Wildman–Crippen LogP) is 4.49. The van der Waals surface area contributed by atoms with E-state index in [1.165, 1.54) is 18.2 Å². The molecule has 0 aliphatic rings. The highest BCUT2D eigenvalue weighted by atomic mass is 19.4. The number of carbonyl (C=O) groups excluding carboxylic acids is 1. The van der Waals surface area contributed by atoms with Crippen molar-refractivity contribution >= 4 is 6.29 Å². The van der Waals surface area contributed by atoms with Gasteiger partial charge in [0.2, 0.25) is 0 Å². The SMILES string of the molecule is Cc1ccc(-c2ccccc2C=O)c(C(F)(F)F)c1. The molecule has 0 amide bonds. The molecular weight excluding hydrogens is 253 g/mol. The number of alkyl halides is 3. The Labute approximate surface area is 108 Å². The van der Waals surface area contributed by atoms with Crippen molar-refractivity contribution in [1.29, 1.82) is 0 Å². The average Bonchev–Trinajstić information content (AvgIpc) is 2.37. The molecule has 98 valence electrons. The second-order valence-electron chi connectivity index (χ2n) is 4.25. The van der Waals surface area contributed by atoms with Gasteiger partial charge in [0.25, 0.3) is 0 Å². The lowest BCUT2D eigenvalue weighted by Gasteiger charge is -2.15. The average molecular weight is 264 g/mol. The fourth-order valence-electron chi connectivity index (χ4n) is 1.97. The van der Waals surface area contributed by atoms with Gasteiger partial charge >= 0.3 is 6.18 Å². The zero-order valence-corrected chi connectivity index (χ0v) is 10.2. The van der Waals surface area contributed by atoms with Crippen LogP contribution in [-0.2, 0) is 6.18 Å². The van der Waals surface area contributed by atoms with Gasteiger partial charge in [0.1, 0.15) is 0 Å². The highest BCUT2D eigenvalue weighted by Gasteiger charge is 2.34. The predicted molar refractivity (Wildman–Crippen MR) is 67.0 cm³/mol. The highest BCUT2D eigenvalue weighted by molar-refractivity contribution is 5.88. The molecule has 2 rings (SSSR count). The third-order valence-corrected chi connectivity index (χ3v) is 2.86. The molecule has 0 saturated carbocycles. The van der Waals surface area contributed by atoms with E-state index in [9.17, 15) is 18.0 Å². The normalized spacial score (nSPS) is 11.4. The summed E-state index contributed by atoms with van der Waals surface area (Å²) in [5.41, 5.74) is 0.379. The molecule has 0 unspecified atom stereocenters. The minimum Gasteiger partial charge on any atom is -0.298 e. The van der Waals surface area contributed by atoms with Gasteiger partial charge in [-0.15, -0.1) is 0 Å². The summed E-state index contributed by atoms with van der Waals surface area (Å²) in [7, 11) is 0. The summed E-state index contributed by atoms with van der Waals surface area (Å²) in [4.78, 5) is 10.9. The van der Waals surface area contributed by atoms with E-state index in [0.717, 1.165) is 6.07 Å². The number of rotatable bonds is 2. The lowest BCUT2D eigenvalue weighted by atomic mass is 9.94. The Kier molecular flexibility index (Phi) is 3.42. The molecule has 19 heavy (non-hydrogen) atoms. The molecule has 0 bridgehead atoms. The van der Waals surface area contributed by atoms with Crippen molar-refractivity contribution in [1.82, 2.24) is 0 Å². The number of halogens is 3. The number of hydrogen-bond donors (Lipinski definition) is 0. The number of aryl methyl sites for hydroxylation is 1. The van der Waals surface area contributed by atoms with Crippen LogP contribution in [0.25, 0.3) is 11.1 Å². The van der Waals surface area contributed by atoms with Gasteiger partial charge < -0.3 is 0 Å². The molecule has 0 fully saturated rings. The fourth-order valence-corrected chi connectivity index (χ4v) is 1.97. The van der Waals surface area contributed by atoms with Gasteiger partial charge in [-0.1, -0.05) is 42.0 Å². The summed E-state index contributed by atoms with van der Waals surface area (Å²) in [6.45, 7) is 1.60. The zero-order valence-electron chi connectivity index (χ0n) is 10.2. The minimum absolute atomic E-state index is 0.0285. The second-order valence-corrected chi connectivity index (χ2v) is 4.25. The maximum Gasteiger partial charge on any atom is 0.417 e. The van der Waals surface area contributed by atoms with E-state index >= 15 is 0 Å². The minimum atomic E-state index is -4.45. The van der Waals surface area contributed by atoms with Gasteiger partial charge in [-0.2, -0.15) is 13.2 Å². The van der Waals surface area contributed by atoms with Crippen LogP contribution in [0.15, 0.2) is 42.5 Å². The van der Waals surface area contributed by atoms with Crippen LogP contribution in [0, 0.1) is 6.92 Å². The topological polar surface area (TPSA) is 17.1 Å². The fraction of sp³-hybridized carbons (Fsp3) is 0.133. The van der Waals surface area contributed by atoms with Crippen molar-refractivity contribution in [3.05, 3.63) is 59.2 Å². The number of hydrogen-bond acceptors (Lipinski definition) is 1. The molecule has 0 aromatic heterocycles. The van der Waals surface area contributed by atoms with E-state index in [1.807, 2.05) is 0 Å². The molecule has 0 aliphatic heterocycles. The van der Waals surface area contributed by atoms with Crippen molar-refractivity contribution in [2.45, 2.75) is 13.1 Å². The Morgan fingerprint density at radius 3 is 2.32 bits per heavy atom. The molecule has 0 N–H and O–H groups in total. The summed E-state index contributed by atoms with van der Waals surface area (Å²) in [6.07, 6.45) is -3.88. The van der Waals surface area contributed by atoms with Crippen LogP contribution in [0.2, 0.25) is 0 Å². The standard InChI is InChI=1S/C15H11F3O/c1-10-6-7-13(14(8-10)15(16,17)18)12-5-3-2-4-11(12)9-19/h2-9H,1H3. The first kappa shape index (κ1) is 13.3. The van der Waals surface area contributed by atoms with Gasteiger partial charge in [-0.05, 0) is 24.1 Å². The quantitative estimate of drug-likeness (QED) is 0.730. The van der Waals surface area contributed by atoms with Crippen LogP contribution >= 0.6 is 0 Å². The van der Waals surface area contributed by atoms with Crippen molar-refractivity contribution in [3.63, 3.8) is 0 Å². The van der Waals surface area contributed by atoms with E-state index in [0.29, 0.717) is 17.4 Å². The van der Waals surface area contributed by atoms with Crippen LogP contribution in [0.3, 0.4) is 0 Å². The van der Waals surface area contributed by atoms with Gasteiger partial charge in [0.05, 0.1) is 5.56 Å². The van der Waals surface area contributed by atoms with Crippen LogP contribution in [-0.4, -0.2) is 6.29 Å². The van der Waals surface area contributed by atoms with Crippen LogP contribution in [0.1, 0.15) is 21.5 Å². The third kappa shape index (κ3) is 2.67. The summed E-state index contributed by atoms with van der Waals surface area (Å²) in [5.74, 6) is 0. The number of aldehydes is 1. The van der Waals surface area contributed by atoms with E-state index in [-0.39, 0.29) is 11.1 Å². The summed E-state index contributed by atoms with van der Waals surface area (Å²) >= 11 is 0. The van der Waals surface area contributed by atoms with Crippen molar-refractivity contribution in [2.75, 3.05) is 0 Å². The summed E-state index contributed by atoms with van der Waals surface area (Å²) in [5, 5.41) is 0. The van der Waals surface area contributed by atoms with Crippen LogP contribution in [0.4, 0.5) is 13.2 Å². The molecule has 0 spiro atoms. The van der Waals surface area contributed by atoms with E-state index in [4.69, 9.17) is 0 Å². The zero-order chi connectivity index (χ0) is 14.0. The Bertz CT molecular complexity index is 615. The first-order valence-corrected chi connectivity index (χ1v) is 5.66. The molecule has 4 heteroatoms. The largest absolute Gasteiger partial charge is 0.417 e.